The number of aliphatic hydroxyl groups is 1. The second-order valence-corrected chi connectivity index (χ2v) is 9.89. The highest BCUT2D eigenvalue weighted by atomic mass is 16.5. The van der Waals surface area contributed by atoms with Gasteiger partial charge in [-0.05, 0) is 78.8 Å². The molecule has 0 amide bonds. The van der Waals surface area contributed by atoms with Crippen LogP contribution in [-0.4, -0.2) is 30.9 Å². The van der Waals surface area contributed by atoms with Crippen molar-refractivity contribution in [2.75, 3.05) is 19.8 Å². The molecule has 1 saturated carbocycles. The molecule has 1 aliphatic carbocycles. The van der Waals surface area contributed by atoms with E-state index >= 15 is 0 Å². The lowest BCUT2D eigenvalue weighted by atomic mass is 9.77. The van der Waals surface area contributed by atoms with Crippen LogP contribution in [-0.2, 0) is 16.0 Å². The Hall–Kier alpha value is -2.59. The minimum atomic E-state index is -0.372. The Morgan fingerprint density at radius 1 is 1.03 bits per heavy atom. The largest absolute Gasteiger partial charge is 0.491 e. The van der Waals surface area contributed by atoms with E-state index in [0.717, 1.165) is 22.6 Å². The SMILES string of the molecule is C=C(C)C(=O)OCCc1cc(OCCO)ccc1-c1ccc(C2CCC(CCCCC)CC2)cc1. The Balaban J connectivity index is 1.67. The summed E-state index contributed by atoms with van der Waals surface area (Å²) in [5.74, 6) is 1.92. The summed E-state index contributed by atoms with van der Waals surface area (Å²) in [7, 11) is 0. The van der Waals surface area contributed by atoms with Gasteiger partial charge in [-0.3, -0.25) is 0 Å². The van der Waals surface area contributed by atoms with Gasteiger partial charge in [0, 0.05) is 12.0 Å². The van der Waals surface area contributed by atoms with E-state index in [1.54, 1.807) is 6.92 Å². The fourth-order valence-electron chi connectivity index (χ4n) is 5.09. The van der Waals surface area contributed by atoms with Crippen molar-refractivity contribution >= 4 is 5.97 Å². The quantitative estimate of drug-likeness (QED) is 0.187. The van der Waals surface area contributed by atoms with Gasteiger partial charge in [-0.1, -0.05) is 69.5 Å². The molecule has 0 heterocycles. The summed E-state index contributed by atoms with van der Waals surface area (Å²) < 4.78 is 11.0. The van der Waals surface area contributed by atoms with Gasteiger partial charge in [-0.15, -0.1) is 0 Å². The minimum Gasteiger partial charge on any atom is -0.491 e. The van der Waals surface area contributed by atoms with Crippen molar-refractivity contribution in [2.24, 2.45) is 5.92 Å². The van der Waals surface area contributed by atoms with Crippen molar-refractivity contribution in [3.63, 3.8) is 0 Å². The lowest BCUT2D eigenvalue weighted by molar-refractivity contribution is -0.138. The summed E-state index contributed by atoms with van der Waals surface area (Å²) in [4.78, 5) is 11.8. The fourth-order valence-corrected chi connectivity index (χ4v) is 5.09. The van der Waals surface area contributed by atoms with Crippen LogP contribution in [0.2, 0.25) is 0 Å². The van der Waals surface area contributed by atoms with Crippen molar-refractivity contribution in [3.05, 3.63) is 65.7 Å². The second-order valence-electron chi connectivity index (χ2n) is 9.89. The van der Waals surface area contributed by atoms with Crippen LogP contribution in [0.5, 0.6) is 5.75 Å². The summed E-state index contributed by atoms with van der Waals surface area (Å²) in [5.41, 5.74) is 5.16. The van der Waals surface area contributed by atoms with Gasteiger partial charge in [-0.25, -0.2) is 4.79 Å². The molecule has 35 heavy (non-hydrogen) atoms. The van der Waals surface area contributed by atoms with Gasteiger partial charge in [0.1, 0.15) is 12.4 Å². The maximum absolute atomic E-state index is 11.8. The second kappa shape index (κ2) is 14.1. The summed E-state index contributed by atoms with van der Waals surface area (Å²) in [6.45, 7) is 8.07. The molecule has 0 atom stereocenters. The summed E-state index contributed by atoms with van der Waals surface area (Å²) >= 11 is 0. The van der Waals surface area contributed by atoms with Gasteiger partial charge in [0.05, 0.1) is 13.2 Å². The molecule has 2 aromatic rings. The molecular weight excluding hydrogens is 436 g/mol. The number of esters is 1. The molecule has 1 fully saturated rings. The van der Waals surface area contributed by atoms with Crippen molar-refractivity contribution in [1.29, 1.82) is 0 Å². The molecule has 0 unspecified atom stereocenters. The first-order valence-corrected chi connectivity index (χ1v) is 13.3. The lowest BCUT2D eigenvalue weighted by Crippen LogP contribution is -2.13. The zero-order valence-electron chi connectivity index (χ0n) is 21.6. The Bertz CT molecular complexity index is 939. The van der Waals surface area contributed by atoms with Crippen LogP contribution in [0.3, 0.4) is 0 Å². The molecule has 0 spiro atoms. The van der Waals surface area contributed by atoms with E-state index in [4.69, 9.17) is 14.6 Å². The van der Waals surface area contributed by atoms with Crippen LogP contribution in [0.1, 0.15) is 82.3 Å². The third kappa shape index (κ3) is 8.24. The average molecular weight is 479 g/mol. The lowest BCUT2D eigenvalue weighted by Gasteiger charge is -2.29. The predicted molar refractivity (Wildman–Crippen MR) is 143 cm³/mol. The molecular formula is C31H42O4. The topological polar surface area (TPSA) is 55.8 Å². The van der Waals surface area contributed by atoms with E-state index in [9.17, 15) is 4.79 Å². The molecule has 2 aromatic carbocycles. The van der Waals surface area contributed by atoms with Crippen LogP contribution >= 0.6 is 0 Å². The smallest absolute Gasteiger partial charge is 0.333 e. The maximum atomic E-state index is 11.8. The number of carbonyl (C=O) groups is 1. The summed E-state index contributed by atoms with van der Waals surface area (Å²) in [5, 5.41) is 9.09. The molecule has 4 heteroatoms. The minimum absolute atomic E-state index is 0.0323. The number of rotatable bonds is 13. The van der Waals surface area contributed by atoms with Gasteiger partial charge in [0.15, 0.2) is 0 Å². The van der Waals surface area contributed by atoms with Crippen molar-refractivity contribution < 1.29 is 19.4 Å². The highest BCUT2D eigenvalue weighted by molar-refractivity contribution is 5.86. The average Bonchev–Trinajstić information content (AvgIpc) is 2.88. The van der Waals surface area contributed by atoms with E-state index < -0.39 is 0 Å². The summed E-state index contributed by atoms with van der Waals surface area (Å²) in [6.07, 6.45) is 11.4. The van der Waals surface area contributed by atoms with E-state index in [-0.39, 0.29) is 25.8 Å². The zero-order chi connectivity index (χ0) is 25.0. The number of benzene rings is 2. The van der Waals surface area contributed by atoms with Crippen LogP contribution in [0, 0.1) is 5.92 Å². The van der Waals surface area contributed by atoms with Gasteiger partial charge < -0.3 is 14.6 Å². The number of hydrogen-bond acceptors (Lipinski definition) is 4. The molecule has 190 valence electrons. The Labute approximate surface area is 211 Å². The molecule has 3 rings (SSSR count). The number of unbranched alkanes of at least 4 members (excludes halogenated alkanes) is 2. The third-order valence-corrected chi connectivity index (χ3v) is 7.15. The summed E-state index contributed by atoms with van der Waals surface area (Å²) in [6, 6.07) is 15.0. The fraction of sp³-hybridized carbons (Fsp3) is 0.516. The number of ether oxygens (including phenoxy) is 2. The van der Waals surface area contributed by atoms with Gasteiger partial charge in [-0.2, -0.15) is 0 Å². The standard InChI is InChI=1S/C31H42O4/c1-4-5-6-7-24-8-10-25(11-9-24)26-12-14-27(15-13-26)30-17-16-29(34-21-19-32)22-28(30)18-20-35-31(33)23(2)3/h12-17,22,24-25,32H,2,4-11,18-21H2,1,3H3. The van der Waals surface area contributed by atoms with Crippen LogP contribution in [0.15, 0.2) is 54.6 Å². The van der Waals surface area contributed by atoms with E-state index in [2.05, 4.69) is 43.8 Å². The number of hydrogen-bond donors (Lipinski definition) is 1. The molecule has 0 aliphatic heterocycles. The molecule has 0 radical (unpaired) electrons. The first kappa shape index (κ1) is 27.0. The number of carbonyl (C=O) groups excluding carboxylic acids is 1. The maximum Gasteiger partial charge on any atom is 0.333 e. The highest BCUT2D eigenvalue weighted by Crippen LogP contribution is 2.38. The van der Waals surface area contributed by atoms with Crippen LogP contribution < -0.4 is 4.74 Å². The number of aliphatic hydroxyl groups excluding tert-OH is 1. The zero-order valence-corrected chi connectivity index (χ0v) is 21.6. The van der Waals surface area contributed by atoms with Crippen molar-refractivity contribution in [3.8, 4) is 16.9 Å². The monoisotopic (exact) mass is 478 g/mol. The van der Waals surface area contributed by atoms with E-state index in [1.165, 1.54) is 56.9 Å². The Morgan fingerprint density at radius 3 is 2.43 bits per heavy atom. The predicted octanol–water partition coefficient (Wildman–Crippen LogP) is 7.24. The first-order chi connectivity index (χ1) is 17.0. The van der Waals surface area contributed by atoms with Crippen LogP contribution in [0.25, 0.3) is 11.1 Å². The van der Waals surface area contributed by atoms with Crippen molar-refractivity contribution in [2.45, 2.75) is 77.6 Å². The molecule has 0 saturated heterocycles. The molecule has 1 N–H and O–H groups in total. The van der Waals surface area contributed by atoms with Crippen LogP contribution in [0.4, 0.5) is 0 Å². The Morgan fingerprint density at radius 2 is 1.77 bits per heavy atom. The van der Waals surface area contributed by atoms with E-state index in [0.29, 0.717) is 23.7 Å². The highest BCUT2D eigenvalue weighted by Gasteiger charge is 2.22. The first-order valence-electron chi connectivity index (χ1n) is 13.3. The molecule has 1 aliphatic rings. The molecule has 0 bridgehead atoms. The third-order valence-electron chi connectivity index (χ3n) is 7.15. The van der Waals surface area contributed by atoms with E-state index in [1.807, 2.05) is 12.1 Å². The normalized spacial score (nSPS) is 17.7. The molecule has 4 nitrogen and oxygen atoms in total. The van der Waals surface area contributed by atoms with Crippen molar-refractivity contribution in [1.82, 2.24) is 0 Å². The van der Waals surface area contributed by atoms with Gasteiger partial charge >= 0.3 is 5.97 Å². The molecule has 0 aromatic heterocycles. The van der Waals surface area contributed by atoms with Gasteiger partial charge in [0.25, 0.3) is 0 Å². The Kier molecular flexibility index (Phi) is 10.9. The van der Waals surface area contributed by atoms with Gasteiger partial charge in [0.2, 0.25) is 0 Å².